The molecule has 0 saturated heterocycles. The van der Waals surface area contributed by atoms with E-state index in [1.54, 1.807) is 6.20 Å². The second-order valence-electron chi connectivity index (χ2n) is 6.91. The van der Waals surface area contributed by atoms with Crippen LogP contribution in [0.2, 0.25) is 0 Å². The Balaban J connectivity index is 1.47. The van der Waals surface area contributed by atoms with Crippen LogP contribution in [-0.2, 0) is 11.3 Å². The summed E-state index contributed by atoms with van der Waals surface area (Å²) < 4.78 is 5.77. The predicted molar refractivity (Wildman–Crippen MR) is 87.0 cm³/mol. The van der Waals surface area contributed by atoms with Gasteiger partial charge in [0, 0.05) is 18.8 Å². The molecule has 23 heavy (non-hydrogen) atoms. The lowest BCUT2D eigenvalue weighted by Gasteiger charge is -2.31. The maximum absolute atomic E-state index is 12.1. The minimum Gasteiger partial charge on any atom is -0.474 e. The molecule has 1 heterocycles. The summed E-state index contributed by atoms with van der Waals surface area (Å²) in [6, 6.07) is 3.76. The Kier molecular flexibility index (Phi) is 5.16. The maximum atomic E-state index is 12.1. The van der Waals surface area contributed by atoms with Crippen molar-refractivity contribution in [3.63, 3.8) is 0 Å². The van der Waals surface area contributed by atoms with Gasteiger partial charge in [-0.2, -0.15) is 0 Å². The van der Waals surface area contributed by atoms with Crippen LogP contribution in [0.4, 0.5) is 0 Å². The minimum atomic E-state index is -0.806. The van der Waals surface area contributed by atoms with E-state index in [1.807, 2.05) is 12.1 Å². The molecule has 0 atom stereocenters. The summed E-state index contributed by atoms with van der Waals surface area (Å²) in [4.78, 5) is 16.3. The summed E-state index contributed by atoms with van der Waals surface area (Å²) >= 11 is 0. The third-order valence-electron chi connectivity index (χ3n) is 4.90. The molecule has 2 saturated carbocycles. The molecule has 0 aliphatic heterocycles. The minimum absolute atomic E-state index is 0.0901. The third kappa shape index (κ3) is 4.67. The molecule has 0 bridgehead atoms. The second kappa shape index (κ2) is 7.30. The Labute approximate surface area is 137 Å². The van der Waals surface area contributed by atoms with Crippen molar-refractivity contribution in [2.24, 2.45) is 0 Å². The summed E-state index contributed by atoms with van der Waals surface area (Å²) in [6.07, 6.45) is 10.3. The van der Waals surface area contributed by atoms with Crippen molar-refractivity contribution in [1.82, 2.24) is 10.3 Å². The van der Waals surface area contributed by atoms with E-state index in [2.05, 4.69) is 10.3 Å². The number of ether oxygens (including phenoxy) is 1. The van der Waals surface area contributed by atoms with Crippen LogP contribution in [0.5, 0.6) is 5.88 Å². The molecule has 0 aromatic carbocycles. The molecule has 2 aliphatic rings. The number of hydrogen-bond donors (Lipinski definition) is 2. The molecular weight excluding hydrogens is 292 g/mol. The van der Waals surface area contributed by atoms with Gasteiger partial charge in [-0.3, -0.25) is 4.79 Å². The molecule has 3 rings (SSSR count). The smallest absolute Gasteiger partial charge is 0.223 e. The molecule has 2 aliphatic carbocycles. The lowest BCUT2D eigenvalue weighted by Crippen LogP contribution is -2.38. The fraction of sp³-hybridized carbons (Fsp3) is 0.667. The number of hydrogen-bond acceptors (Lipinski definition) is 4. The second-order valence-corrected chi connectivity index (χ2v) is 6.91. The van der Waals surface area contributed by atoms with Crippen molar-refractivity contribution in [2.75, 3.05) is 0 Å². The Morgan fingerprint density at radius 2 is 2.09 bits per heavy atom. The lowest BCUT2D eigenvalue weighted by atomic mass is 9.82. The van der Waals surface area contributed by atoms with Crippen molar-refractivity contribution in [2.45, 2.75) is 76.0 Å². The number of nitrogens with one attached hydrogen (secondary N) is 1. The van der Waals surface area contributed by atoms with Crippen molar-refractivity contribution in [3.05, 3.63) is 23.9 Å². The zero-order valence-electron chi connectivity index (χ0n) is 13.6. The zero-order valence-corrected chi connectivity index (χ0v) is 13.6. The zero-order chi connectivity index (χ0) is 16.1. The summed E-state index contributed by atoms with van der Waals surface area (Å²) in [6.45, 7) is 0.443. The highest BCUT2D eigenvalue weighted by atomic mass is 16.5. The van der Waals surface area contributed by atoms with Crippen LogP contribution in [0.1, 0.15) is 63.4 Å². The van der Waals surface area contributed by atoms with E-state index in [0.29, 0.717) is 18.5 Å². The van der Waals surface area contributed by atoms with Gasteiger partial charge in [0.2, 0.25) is 11.8 Å². The third-order valence-corrected chi connectivity index (χ3v) is 4.90. The van der Waals surface area contributed by atoms with Crippen LogP contribution < -0.4 is 10.1 Å². The quantitative estimate of drug-likeness (QED) is 0.846. The van der Waals surface area contributed by atoms with Crippen LogP contribution in [0.25, 0.3) is 0 Å². The molecule has 126 valence electrons. The van der Waals surface area contributed by atoms with E-state index in [-0.39, 0.29) is 12.3 Å². The molecule has 2 N–H and O–H groups in total. The molecule has 1 aromatic rings. The molecule has 2 fully saturated rings. The number of rotatable bonds is 6. The maximum Gasteiger partial charge on any atom is 0.223 e. The SMILES string of the molecule is O=C(CC1(O)CCCCC1)NCc1ccnc(OC2CCC2)c1. The lowest BCUT2D eigenvalue weighted by molar-refractivity contribution is -0.127. The van der Waals surface area contributed by atoms with E-state index in [0.717, 1.165) is 50.5 Å². The number of aliphatic hydroxyl groups is 1. The van der Waals surface area contributed by atoms with E-state index in [9.17, 15) is 9.90 Å². The van der Waals surface area contributed by atoms with Crippen LogP contribution >= 0.6 is 0 Å². The highest BCUT2D eigenvalue weighted by molar-refractivity contribution is 5.77. The first-order chi connectivity index (χ1) is 11.1. The largest absolute Gasteiger partial charge is 0.474 e. The van der Waals surface area contributed by atoms with Crippen molar-refractivity contribution < 1.29 is 14.6 Å². The first-order valence-corrected chi connectivity index (χ1v) is 8.74. The molecule has 0 spiro atoms. The van der Waals surface area contributed by atoms with Gasteiger partial charge in [0.05, 0.1) is 12.0 Å². The monoisotopic (exact) mass is 318 g/mol. The van der Waals surface area contributed by atoms with Crippen LogP contribution in [-0.4, -0.2) is 27.7 Å². The van der Waals surface area contributed by atoms with E-state index in [1.165, 1.54) is 6.42 Å². The summed E-state index contributed by atoms with van der Waals surface area (Å²) in [5.41, 5.74) is 0.164. The van der Waals surface area contributed by atoms with Gasteiger partial charge >= 0.3 is 0 Å². The predicted octanol–water partition coefficient (Wildman–Crippen LogP) is 2.71. The Bertz CT molecular complexity index is 537. The highest BCUT2D eigenvalue weighted by Gasteiger charge is 2.31. The van der Waals surface area contributed by atoms with Gasteiger partial charge in [0.15, 0.2) is 0 Å². The average molecular weight is 318 g/mol. The molecule has 0 unspecified atom stereocenters. The molecule has 1 aromatic heterocycles. The van der Waals surface area contributed by atoms with Gasteiger partial charge in [-0.15, -0.1) is 0 Å². The number of carbonyl (C=O) groups excluding carboxylic acids is 1. The fourth-order valence-electron chi connectivity index (χ4n) is 3.23. The fourth-order valence-corrected chi connectivity index (χ4v) is 3.23. The standard InChI is InChI=1S/C18H26N2O3/c21-16(12-18(22)8-2-1-3-9-18)20-13-14-7-10-19-17(11-14)23-15-5-4-6-15/h7,10-11,15,22H,1-6,8-9,12-13H2,(H,20,21). The van der Waals surface area contributed by atoms with Gasteiger partial charge in [-0.1, -0.05) is 19.3 Å². The van der Waals surface area contributed by atoms with E-state index < -0.39 is 5.60 Å². The normalized spacial score (nSPS) is 20.6. The van der Waals surface area contributed by atoms with Crippen LogP contribution in [0.15, 0.2) is 18.3 Å². The van der Waals surface area contributed by atoms with Crippen LogP contribution in [0.3, 0.4) is 0 Å². The number of pyridine rings is 1. The topological polar surface area (TPSA) is 71.5 Å². The first kappa shape index (κ1) is 16.2. The van der Waals surface area contributed by atoms with Gasteiger partial charge in [0.25, 0.3) is 0 Å². The average Bonchev–Trinajstić information content (AvgIpc) is 2.50. The molecule has 1 amide bonds. The first-order valence-electron chi connectivity index (χ1n) is 8.74. The van der Waals surface area contributed by atoms with Gasteiger partial charge in [-0.25, -0.2) is 4.98 Å². The number of carbonyl (C=O) groups is 1. The van der Waals surface area contributed by atoms with Crippen molar-refractivity contribution >= 4 is 5.91 Å². The summed E-state index contributed by atoms with van der Waals surface area (Å²) in [7, 11) is 0. The van der Waals surface area contributed by atoms with Gasteiger partial charge in [0.1, 0.15) is 6.10 Å². The Morgan fingerprint density at radius 1 is 1.30 bits per heavy atom. The molecule has 0 radical (unpaired) electrons. The summed E-state index contributed by atoms with van der Waals surface area (Å²) in [5.74, 6) is 0.542. The Hall–Kier alpha value is -1.62. The molecule has 5 heteroatoms. The van der Waals surface area contributed by atoms with Crippen molar-refractivity contribution in [3.8, 4) is 5.88 Å². The number of aromatic nitrogens is 1. The van der Waals surface area contributed by atoms with Gasteiger partial charge in [-0.05, 0) is 43.7 Å². The molecule has 5 nitrogen and oxygen atoms in total. The number of nitrogens with zero attached hydrogens (tertiary/aromatic N) is 1. The van der Waals surface area contributed by atoms with Crippen molar-refractivity contribution in [1.29, 1.82) is 0 Å². The highest BCUT2D eigenvalue weighted by Crippen LogP contribution is 2.30. The molecular formula is C18H26N2O3. The van der Waals surface area contributed by atoms with Gasteiger partial charge < -0.3 is 15.2 Å². The Morgan fingerprint density at radius 3 is 2.78 bits per heavy atom. The van der Waals surface area contributed by atoms with E-state index >= 15 is 0 Å². The van der Waals surface area contributed by atoms with E-state index in [4.69, 9.17) is 4.74 Å². The number of amides is 1. The van der Waals surface area contributed by atoms with Crippen LogP contribution in [0, 0.1) is 0 Å². The summed E-state index contributed by atoms with van der Waals surface area (Å²) in [5, 5.41) is 13.3.